The van der Waals surface area contributed by atoms with Crippen LogP contribution in [0.15, 0.2) is 18.3 Å². The van der Waals surface area contributed by atoms with Crippen LogP contribution in [0, 0.1) is 11.9 Å². The highest BCUT2D eigenvalue weighted by atomic mass is 19.1. The SMILES string of the molecule is CCC(CC)C(=O)Nc1ccc(F)nc1. The van der Waals surface area contributed by atoms with Crippen molar-refractivity contribution in [1.29, 1.82) is 0 Å². The van der Waals surface area contributed by atoms with Gasteiger partial charge in [0.25, 0.3) is 0 Å². The van der Waals surface area contributed by atoms with Gasteiger partial charge in [-0.3, -0.25) is 4.79 Å². The standard InChI is InChI=1S/C11H15FN2O/c1-3-8(4-2)11(15)14-9-5-6-10(12)13-7-9/h5-8H,3-4H2,1-2H3,(H,14,15). The molecule has 3 nitrogen and oxygen atoms in total. The van der Waals surface area contributed by atoms with Crippen LogP contribution in [0.1, 0.15) is 26.7 Å². The summed E-state index contributed by atoms with van der Waals surface area (Å²) in [6.07, 6.45) is 2.92. The van der Waals surface area contributed by atoms with Gasteiger partial charge in [-0.2, -0.15) is 4.39 Å². The third-order valence-corrected chi connectivity index (χ3v) is 2.35. The second-order valence-electron chi connectivity index (χ2n) is 3.37. The van der Waals surface area contributed by atoms with E-state index in [1.807, 2.05) is 13.8 Å². The number of halogens is 1. The molecule has 0 aromatic carbocycles. The largest absolute Gasteiger partial charge is 0.324 e. The molecule has 0 atom stereocenters. The molecule has 15 heavy (non-hydrogen) atoms. The minimum atomic E-state index is -0.546. The van der Waals surface area contributed by atoms with Crippen LogP contribution in [0.5, 0.6) is 0 Å². The van der Waals surface area contributed by atoms with E-state index >= 15 is 0 Å². The number of nitrogens with one attached hydrogen (secondary N) is 1. The van der Waals surface area contributed by atoms with Crippen molar-refractivity contribution in [2.45, 2.75) is 26.7 Å². The number of carbonyl (C=O) groups is 1. The topological polar surface area (TPSA) is 42.0 Å². The third-order valence-electron chi connectivity index (χ3n) is 2.35. The maximum atomic E-state index is 12.5. The Labute approximate surface area is 88.7 Å². The molecule has 4 heteroatoms. The van der Waals surface area contributed by atoms with E-state index < -0.39 is 5.95 Å². The maximum Gasteiger partial charge on any atom is 0.227 e. The average molecular weight is 210 g/mol. The van der Waals surface area contributed by atoms with Gasteiger partial charge in [0, 0.05) is 5.92 Å². The second kappa shape index (κ2) is 5.44. The van der Waals surface area contributed by atoms with Gasteiger partial charge in [0.1, 0.15) is 0 Å². The number of anilines is 1. The Balaban J connectivity index is 2.61. The highest BCUT2D eigenvalue weighted by Gasteiger charge is 2.13. The van der Waals surface area contributed by atoms with Gasteiger partial charge in [0.15, 0.2) is 0 Å². The highest BCUT2D eigenvalue weighted by Crippen LogP contribution is 2.12. The number of amides is 1. The minimum Gasteiger partial charge on any atom is -0.324 e. The Morgan fingerprint density at radius 3 is 2.60 bits per heavy atom. The second-order valence-corrected chi connectivity index (χ2v) is 3.37. The molecule has 0 aliphatic carbocycles. The summed E-state index contributed by atoms with van der Waals surface area (Å²) in [7, 11) is 0. The van der Waals surface area contributed by atoms with Crippen LogP contribution in [-0.2, 0) is 4.79 Å². The van der Waals surface area contributed by atoms with Crippen molar-refractivity contribution in [3.05, 3.63) is 24.3 Å². The Morgan fingerprint density at radius 2 is 2.13 bits per heavy atom. The van der Waals surface area contributed by atoms with E-state index in [-0.39, 0.29) is 11.8 Å². The first-order chi connectivity index (χ1) is 7.17. The zero-order valence-corrected chi connectivity index (χ0v) is 8.96. The fourth-order valence-corrected chi connectivity index (χ4v) is 1.35. The Morgan fingerprint density at radius 1 is 1.47 bits per heavy atom. The maximum absolute atomic E-state index is 12.5. The Kier molecular flexibility index (Phi) is 4.21. The molecule has 0 fully saturated rings. The van der Waals surface area contributed by atoms with Crippen LogP contribution in [0.2, 0.25) is 0 Å². The molecule has 82 valence electrons. The van der Waals surface area contributed by atoms with E-state index in [0.29, 0.717) is 5.69 Å². The van der Waals surface area contributed by atoms with Gasteiger partial charge in [0.2, 0.25) is 11.9 Å². The van der Waals surface area contributed by atoms with Crippen LogP contribution in [0.25, 0.3) is 0 Å². The summed E-state index contributed by atoms with van der Waals surface area (Å²) < 4.78 is 12.5. The molecule has 0 spiro atoms. The van der Waals surface area contributed by atoms with Crippen molar-refractivity contribution in [1.82, 2.24) is 4.98 Å². The molecule has 0 unspecified atom stereocenters. The van der Waals surface area contributed by atoms with Crippen molar-refractivity contribution >= 4 is 11.6 Å². The van der Waals surface area contributed by atoms with Crippen LogP contribution in [0.4, 0.5) is 10.1 Å². The Bertz CT molecular complexity index is 320. The number of rotatable bonds is 4. The van der Waals surface area contributed by atoms with Gasteiger partial charge in [0.05, 0.1) is 11.9 Å². The molecule has 1 aromatic heterocycles. The summed E-state index contributed by atoms with van der Waals surface area (Å²) in [5.74, 6) is -0.570. The number of hydrogen-bond acceptors (Lipinski definition) is 2. The Hall–Kier alpha value is -1.45. The number of hydrogen-bond donors (Lipinski definition) is 1. The number of aromatic nitrogens is 1. The molecule has 0 aliphatic heterocycles. The van der Waals surface area contributed by atoms with Crippen molar-refractivity contribution in [2.75, 3.05) is 5.32 Å². The molecule has 1 N–H and O–H groups in total. The summed E-state index contributed by atoms with van der Waals surface area (Å²) in [5, 5.41) is 2.70. The third kappa shape index (κ3) is 3.31. The monoisotopic (exact) mass is 210 g/mol. The molecular formula is C11H15FN2O. The predicted octanol–water partition coefficient (Wildman–Crippen LogP) is 2.60. The van der Waals surface area contributed by atoms with E-state index in [1.165, 1.54) is 18.3 Å². The molecule has 1 rings (SSSR count). The zero-order valence-electron chi connectivity index (χ0n) is 8.96. The fraction of sp³-hybridized carbons (Fsp3) is 0.455. The molecule has 0 aliphatic rings. The number of pyridine rings is 1. The summed E-state index contributed by atoms with van der Waals surface area (Å²) in [6, 6.07) is 2.73. The van der Waals surface area contributed by atoms with Crippen molar-refractivity contribution in [2.24, 2.45) is 5.92 Å². The van der Waals surface area contributed by atoms with E-state index in [4.69, 9.17) is 0 Å². The van der Waals surface area contributed by atoms with Crippen molar-refractivity contribution in [3.8, 4) is 0 Å². The van der Waals surface area contributed by atoms with Gasteiger partial charge >= 0.3 is 0 Å². The molecule has 0 saturated carbocycles. The lowest BCUT2D eigenvalue weighted by molar-refractivity contribution is -0.120. The van der Waals surface area contributed by atoms with Gasteiger partial charge in [-0.1, -0.05) is 13.8 Å². The van der Waals surface area contributed by atoms with Crippen LogP contribution < -0.4 is 5.32 Å². The summed E-state index contributed by atoms with van der Waals surface area (Å²) in [6.45, 7) is 3.94. The van der Waals surface area contributed by atoms with E-state index in [2.05, 4.69) is 10.3 Å². The lowest BCUT2D eigenvalue weighted by Crippen LogP contribution is -2.21. The number of nitrogens with zero attached hydrogens (tertiary/aromatic N) is 1. The minimum absolute atomic E-state index is 0.00931. The molecule has 1 aromatic rings. The van der Waals surface area contributed by atoms with E-state index in [9.17, 15) is 9.18 Å². The van der Waals surface area contributed by atoms with E-state index in [0.717, 1.165) is 12.8 Å². The first-order valence-corrected chi connectivity index (χ1v) is 5.09. The van der Waals surface area contributed by atoms with Crippen LogP contribution in [-0.4, -0.2) is 10.9 Å². The average Bonchev–Trinajstić information content (AvgIpc) is 2.23. The van der Waals surface area contributed by atoms with Crippen molar-refractivity contribution < 1.29 is 9.18 Å². The molecule has 0 saturated heterocycles. The van der Waals surface area contributed by atoms with Crippen LogP contribution in [0.3, 0.4) is 0 Å². The molecule has 1 amide bonds. The first-order valence-electron chi connectivity index (χ1n) is 5.09. The summed E-state index contributed by atoms with van der Waals surface area (Å²) in [4.78, 5) is 15.1. The molecule has 0 bridgehead atoms. The highest BCUT2D eigenvalue weighted by molar-refractivity contribution is 5.92. The lowest BCUT2D eigenvalue weighted by Gasteiger charge is -2.12. The first kappa shape index (κ1) is 11.6. The molecule has 1 heterocycles. The number of carbonyl (C=O) groups excluding carboxylic acids is 1. The van der Waals surface area contributed by atoms with Gasteiger partial charge < -0.3 is 5.32 Å². The van der Waals surface area contributed by atoms with Gasteiger partial charge in [-0.25, -0.2) is 4.98 Å². The summed E-state index contributed by atoms with van der Waals surface area (Å²) >= 11 is 0. The predicted molar refractivity (Wildman–Crippen MR) is 56.9 cm³/mol. The zero-order chi connectivity index (χ0) is 11.3. The summed E-state index contributed by atoms with van der Waals surface area (Å²) in [5.41, 5.74) is 0.535. The van der Waals surface area contributed by atoms with Crippen molar-refractivity contribution in [3.63, 3.8) is 0 Å². The molecular weight excluding hydrogens is 195 g/mol. The van der Waals surface area contributed by atoms with E-state index in [1.54, 1.807) is 0 Å². The quantitative estimate of drug-likeness (QED) is 0.776. The smallest absolute Gasteiger partial charge is 0.227 e. The fourth-order valence-electron chi connectivity index (χ4n) is 1.35. The lowest BCUT2D eigenvalue weighted by atomic mass is 10.0. The van der Waals surface area contributed by atoms with Crippen LogP contribution >= 0.6 is 0 Å². The molecule has 0 radical (unpaired) electrons. The van der Waals surface area contributed by atoms with Gasteiger partial charge in [-0.15, -0.1) is 0 Å². The van der Waals surface area contributed by atoms with Gasteiger partial charge in [-0.05, 0) is 25.0 Å². The normalized spacial score (nSPS) is 10.4.